The lowest BCUT2D eigenvalue weighted by Gasteiger charge is -2.31. The molecule has 0 atom stereocenters. The van der Waals surface area contributed by atoms with Gasteiger partial charge in [0.15, 0.2) is 0 Å². The lowest BCUT2D eigenvalue weighted by molar-refractivity contribution is -0.140. The van der Waals surface area contributed by atoms with Crippen LogP contribution in [0.25, 0.3) is 0 Å². The van der Waals surface area contributed by atoms with Gasteiger partial charge in [-0.15, -0.1) is 0 Å². The molecule has 1 aliphatic heterocycles. The Morgan fingerprint density at radius 2 is 1.47 bits per heavy atom. The third-order valence-corrected chi connectivity index (χ3v) is 8.35. The van der Waals surface area contributed by atoms with E-state index in [0.29, 0.717) is 29.1 Å². The van der Waals surface area contributed by atoms with Crippen LogP contribution < -0.4 is 4.74 Å². The number of benzene rings is 2. The van der Waals surface area contributed by atoms with E-state index in [1.807, 2.05) is 33.8 Å². The Bertz CT molecular complexity index is 1100. The maximum Gasteiger partial charge on any atom is 0.337 e. The van der Waals surface area contributed by atoms with Gasteiger partial charge in [-0.1, -0.05) is 6.07 Å². The van der Waals surface area contributed by atoms with E-state index in [1.54, 1.807) is 0 Å². The van der Waals surface area contributed by atoms with Crippen molar-refractivity contribution in [2.45, 2.75) is 45.4 Å². The molecule has 3 rings (SSSR count). The maximum absolute atomic E-state index is 13.4. The molecule has 1 heterocycles. The van der Waals surface area contributed by atoms with E-state index < -0.39 is 22.0 Å². The summed E-state index contributed by atoms with van der Waals surface area (Å²) in [5.74, 6) is -0.917. The van der Waals surface area contributed by atoms with Crippen LogP contribution in [0.3, 0.4) is 0 Å². The molecule has 0 radical (unpaired) electrons. The van der Waals surface area contributed by atoms with Crippen molar-refractivity contribution in [2.75, 3.05) is 20.2 Å². The van der Waals surface area contributed by atoms with Crippen molar-refractivity contribution in [3.63, 3.8) is 0 Å². The van der Waals surface area contributed by atoms with Gasteiger partial charge in [0.1, 0.15) is 5.75 Å². The number of hydrogen-bond donors (Lipinski definition) is 0. The third-order valence-electron chi connectivity index (χ3n) is 6.18. The number of aryl methyl sites for hydroxylation is 2. The monoisotopic (exact) mass is 459 g/mol. The Balaban J connectivity index is 1.67. The largest absolute Gasteiger partial charge is 0.465 e. The van der Waals surface area contributed by atoms with Crippen LogP contribution in [0.15, 0.2) is 35.2 Å². The molecule has 2 aromatic rings. The minimum absolute atomic E-state index is 0.259. The summed E-state index contributed by atoms with van der Waals surface area (Å²) in [6, 6.07) is 8.13. The Kier molecular flexibility index (Phi) is 7.05. The summed E-state index contributed by atoms with van der Waals surface area (Å²) in [6.07, 6.45) is 0.780. The van der Waals surface area contributed by atoms with E-state index in [4.69, 9.17) is 4.74 Å². The summed E-state index contributed by atoms with van der Waals surface area (Å²) in [4.78, 5) is 24.5. The van der Waals surface area contributed by atoms with Gasteiger partial charge in [0.2, 0.25) is 10.0 Å². The lowest BCUT2D eigenvalue weighted by Crippen LogP contribution is -2.41. The number of esters is 2. The van der Waals surface area contributed by atoms with E-state index >= 15 is 0 Å². The molecule has 0 bridgehead atoms. The first-order chi connectivity index (χ1) is 15.1. The minimum atomic E-state index is -3.65. The SMILES string of the molecule is COC(=O)c1ccc(OC(=O)C2CCN(S(=O)(=O)c3c(C)c(C)cc(C)c3C)CC2)cc1. The van der Waals surface area contributed by atoms with Crippen LogP contribution in [0.2, 0.25) is 0 Å². The van der Waals surface area contributed by atoms with E-state index in [9.17, 15) is 18.0 Å². The number of carbonyl (C=O) groups excluding carboxylic acids is 2. The second-order valence-electron chi connectivity index (χ2n) is 8.20. The Hall–Kier alpha value is -2.71. The number of sulfonamides is 1. The topological polar surface area (TPSA) is 90.0 Å². The van der Waals surface area contributed by atoms with Crippen molar-refractivity contribution in [3.05, 3.63) is 58.1 Å². The molecule has 8 heteroatoms. The quantitative estimate of drug-likeness (QED) is 0.500. The average molecular weight is 460 g/mol. The van der Waals surface area contributed by atoms with Gasteiger partial charge in [0.05, 0.1) is 23.5 Å². The summed E-state index contributed by atoms with van der Waals surface area (Å²) in [5, 5.41) is 0. The fourth-order valence-corrected chi connectivity index (χ4v) is 6.05. The first kappa shape index (κ1) is 23.9. The summed E-state index contributed by atoms with van der Waals surface area (Å²) in [6.45, 7) is 8.03. The Labute approximate surface area is 189 Å². The Morgan fingerprint density at radius 3 is 1.97 bits per heavy atom. The van der Waals surface area contributed by atoms with Crippen LogP contribution in [0.5, 0.6) is 5.75 Å². The van der Waals surface area contributed by atoms with Gasteiger partial charge in [-0.2, -0.15) is 4.31 Å². The maximum atomic E-state index is 13.4. The fourth-order valence-electron chi connectivity index (χ4n) is 4.00. The summed E-state index contributed by atoms with van der Waals surface area (Å²) >= 11 is 0. The van der Waals surface area contributed by atoms with Gasteiger partial charge >= 0.3 is 11.9 Å². The molecule has 1 saturated heterocycles. The highest BCUT2D eigenvalue weighted by Gasteiger charge is 2.35. The van der Waals surface area contributed by atoms with Gasteiger partial charge in [0.25, 0.3) is 0 Å². The normalized spacial score (nSPS) is 15.4. The van der Waals surface area contributed by atoms with E-state index in [1.165, 1.54) is 35.7 Å². The molecule has 172 valence electrons. The highest BCUT2D eigenvalue weighted by Crippen LogP contribution is 2.31. The summed E-state index contributed by atoms with van der Waals surface area (Å²) in [5.41, 5.74) is 3.80. The van der Waals surface area contributed by atoms with Crippen molar-refractivity contribution in [1.82, 2.24) is 4.31 Å². The molecule has 0 aliphatic carbocycles. The third kappa shape index (κ3) is 4.71. The summed E-state index contributed by atoms with van der Waals surface area (Å²) in [7, 11) is -2.36. The number of carbonyl (C=O) groups is 2. The van der Waals surface area contributed by atoms with E-state index in [2.05, 4.69) is 4.74 Å². The van der Waals surface area contributed by atoms with Crippen LogP contribution in [0, 0.1) is 33.6 Å². The highest BCUT2D eigenvalue weighted by molar-refractivity contribution is 7.89. The molecule has 1 fully saturated rings. The zero-order valence-corrected chi connectivity index (χ0v) is 19.9. The van der Waals surface area contributed by atoms with Crippen molar-refractivity contribution in [3.8, 4) is 5.75 Å². The van der Waals surface area contributed by atoms with E-state index in [0.717, 1.165) is 22.3 Å². The van der Waals surface area contributed by atoms with Crippen molar-refractivity contribution in [2.24, 2.45) is 5.92 Å². The van der Waals surface area contributed by atoms with Gasteiger partial charge in [-0.05, 0) is 87.1 Å². The van der Waals surface area contributed by atoms with Gasteiger partial charge in [-0.25, -0.2) is 13.2 Å². The van der Waals surface area contributed by atoms with Crippen LogP contribution in [-0.2, 0) is 19.6 Å². The van der Waals surface area contributed by atoms with Crippen LogP contribution >= 0.6 is 0 Å². The minimum Gasteiger partial charge on any atom is -0.465 e. The van der Waals surface area contributed by atoms with E-state index in [-0.39, 0.29) is 19.0 Å². The molecule has 0 spiro atoms. The van der Waals surface area contributed by atoms with Crippen molar-refractivity contribution >= 4 is 22.0 Å². The first-order valence-electron chi connectivity index (χ1n) is 10.5. The highest BCUT2D eigenvalue weighted by atomic mass is 32.2. The molecular formula is C24H29NO6S. The number of piperidine rings is 1. The molecule has 0 N–H and O–H groups in total. The van der Waals surface area contributed by atoms with Crippen LogP contribution in [-0.4, -0.2) is 44.9 Å². The van der Waals surface area contributed by atoms with Crippen molar-refractivity contribution in [1.29, 1.82) is 0 Å². The van der Waals surface area contributed by atoms with Gasteiger partial charge in [-0.3, -0.25) is 4.79 Å². The number of methoxy groups -OCH3 is 1. The molecule has 1 aliphatic rings. The average Bonchev–Trinajstić information content (AvgIpc) is 2.77. The molecule has 0 unspecified atom stereocenters. The number of rotatable bonds is 5. The second-order valence-corrected chi connectivity index (χ2v) is 10.1. The lowest BCUT2D eigenvalue weighted by atomic mass is 9.98. The standard InChI is InChI=1S/C24H29NO6S/c1-15-14-16(2)18(4)22(17(15)3)32(28,29)25-12-10-20(11-13-25)24(27)31-21-8-6-19(7-9-21)23(26)30-5/h6-9,14,20H,10-13H2,1-5H3. The Morgan fingerprint density at radius 1 is 0.938 bits per heavy atom. The molecular weight excluding hydrogens is 430 g/mol. The zero-order valence-electron chi connectivity index (χ0n) is 19.1. The molecule has 32 heavy (non-hydrogen) atoms. The van der Waals surface area contributed by atoms with Gasteiger partial charge < -0.3 is 9.47 Å². The number of nitrogens with zero attached hydrogens (tertiary/aromatic N) is 1. The summed E-state index contributed by atoms with van der Waals surface area (Å²) < 4.78 is 38.3. The van der Waals surface area contributed by atoms with Crippen molar-refractivity contribution < 1.29 is 27.5 Å². The number of ether oxygens (including phenoxy) is 2. The first-order valence-corrected chi connectivity index (χ1v) is 12.0. The smallest absolute Gasteiger partial charge is 0.337 e. The molecule has 0 aromatic heterocycles. The molecule has 0 saturated carbocycles. The predicted octanol–water partition coefficient (Wildman–Crippen LogP) is 3.71. The van der Waals surface area contributed by atoms with Crippen LogP contribution in [0.1, 0.15) is 45.5 Å². The fraction of sp³-hybridized carbons (Fsp3) is 0.417. The molecule has 0 amide bonds. The van der Waals surface area contributed by atoms with Crippen LogP contribution in [0.4, 0.5) is 0 Å². The second kappa shape index (κ2) is 9.42. The predicted molar refractivity (Wildman–Crippen MR) is 120 cm³/mol. The molecule has 7 nitrogen and oxygen atoms in total. The zero-order chi connectivity index (χ0) is 23.6. The van der Waals surface area contributed by atoms with Gasteiger partial charge in [0, 0.05) is 13.1 Å². The molecule has 2 aromatic carbocycles. The number of hydrogen-bond acceptors (Lipinski definition) is 6.